The molecule has 0 radical (unpaired) electrons. The second-order valence-electron chi connectivity index (χ2n) is 6.68. The molecule has 0 unspecified atom stereocenters. The van der Waals surface area contributed by atoms with E-state index in [2.05, 4.69) is 24.5 Å². The zero-order valence-corrected chi connectivity index (χ0v) is 13.5. The van der Waals surface area contributed by atoms with Gasteiger partial charge in [0.2, 0.25) is 5.91 Å². The first kappa shape index (κ1) is 17.5. The predicted octanol–water partition coefficient (Wildman–Crippen LogP) is 3.63. The summed E-state index contributed by atoms with van der Waals surface area (Å²) in [5.74, 6) is 1.01. The van der Waals surface area contributed by atoms with Crippen molar-refractivity contribution in [1.82, 2.24) is 10.6 Å². The highest BCUT2D eigenvalue weighted by Gasteiger charge is 2.14. The summed E-state index contributed by atoms with van der Waals surface area (Å²) in [5, 5.41) is 6.40. The van der Waals surface area contributed by atoms with Crippen LogP contribution in [0.3, 0.4) is 0 Å². The minimum atomic E-state index is 0.178. The quantitative estimate of drug-likeness (QED) is 0.601. The topological polar surface area (TPSA) is 41.1 Å². The van der Waals surface area contributed by atoms with Crippen LogP contribution in [0, 0.1) is 5.92 Å². The van der Waals surface area contributed by atoms with Gasteiger partial charge < -0.3 is 10.6 Å². The number of hydrogen-bond donors (Lipinski definition) is 2. The Bertz CT molecular complexity index is 247. The van der Waals surface area contributed by atoms with Crippen molar-refractivity contribution in [2.24, 2.45) is 5.92 Å². The normalized spacial score (nSPS) is 16.6. The average Bonchev–Trinajstić information content (AvgIpc) is 2.42. The van der Waals surface area contributed by atoms with Gasteiger partial charge >= 0.3 is 0 Å². The van der Waals surface area contributed by atoms with Crippen LogP contribution in [0.15, 0.2) is 0 Å². The van der Waals surface area contributed by atoms with Gasteiger partial charge in [-0.25, -0.2) is 0 Å². The van der Waals surface area contributed by atoms with Crippen molar-refractivity contribution >= 4 is 5.91 Å². The summed E-state index contributed by atoms with van der Waals surface area (Å²) in [6.07, 6.45) is 12.7. The lowest BCUT2D eigenvalue weighted by atomic mass is 9.95. The fourth-order valence-electron chi connectivity index (χ4n) is 2.88. The number of amides is 1. The fraction of sp³-hybridized carbons (Fsp3) is 0.941. The lowest BCUT2D eigenvalue weighted by Gasteiger charge is -2.22. The number of carbonyl (C=O) groups is 1. The third kappa shape index (κ3) is 9.35. The van der Waals surface area contributed by atoms with E-state index in [9.17, 15) is 4.79 Å². The Labute approximate surface area is 125 Å². The molecule has 0 aromatic rings. The minimum absolute atomic E-state index is 0.178. The van der Waals surface area contributed by atoms with Gasteiger partial charge in [-0.2, -0.15) is 0 Å². The number of rotatable bonds is 10. The highest BCUT2D eigenvalue weighted by atomic mass is 16.1. The molecule has 1 fully saturated rings. The molecule has 0 heterocycles. The van der Waals surface area contributed by atoms with Crippen LogP contribution < -0.4 is 10.6 Å². The van der Waals surface area contributed by atoms with E-state index in [0.29, 0.717) is 12.6 Å². The Balaban J connectivity index is 1.86. The van der Waals surface area contributed by atoms with E-state index in [1.165, 1.54) is 64.2 Å². The van der Waals surface area contributed by atoms with Gasteiger partial charge in [-0.1, -0.05) is 58.8 Å². The monoisotopic (exact) mass is 282 g/mol. The number of carbonyl (C=O) groups excluding carboxylic acids is 1. The molecule has 20 heavy (non-hydrogen) atoms. The third-order valence-electron chi connectivity index (χ3n) is 4.14. The van der Waals surface area contributed by atoms with Crippen LogP contribution in [-0.2, 0) is 4.79 Å². The molecule has 3 nitrogen and oxygen atoms in total. The molecule has 2 N–H and O–H groups in total. The van der Waals surface area contributed by atoms with E-state index < -0.39 is 0 Å². The largest absolute Gasteiger partial charge is 0.352 e. The molecule has 0 bridgehead atoms. The molecular formula is C17H34N2O. The molecule has 0 aromatic carbocycles. The van der Waals surface area contributed by atoms with Crippen LogP contribution in [0.4, 0.5) is 0 Å². The van der Waals surface area contributed by atoms with Crippen LogP contribution >= 0.6 is 0 Å². The van der Waals surface area contributed by atoms with Crippen molar-refractivity contribution in [2.75, 3.05) is 13.1 Å². The van der Waals surface area contributed by atoms with Gasteiger partial charge in [0, 0.05) is 6.04 Å². The number of hydrogen-bond acceptors (Lipinski definition) is 2. The van der Waals surface area contributed by atoms with Crippen molar-refractivity contribution in [3.8, 4) is 0 Å². The summed E-state index contributed by atoms with van der Waals surface area (Å²) < 4.78 is 0. The van der Waals surface area contributed by atoms with E-state index in [0.717, 1.165) is 12.5 Å². The molecule has 3 heteroatoms. The van der Waals surface area contributed by atoms with Crippen LogP contribution in [-0.4, -0.2) is 25.0 Å². The van der Waals surface area contributed by atoms with E-state index in [-0.39, 0.29) is 5.91 Å². The summed E-state index contributed by atoms with van der Waals surface area (Å²) in [6.45, 7) is 6.03. The summed E-state index contributed by atoms with van der Waals surface area (Å²) in [6, 6.07) is 0.439. The second kappa shape index (κ2) is 11.1. The fourth-order valence-corrected chi connectivity index (χ4v) is 2.88. The molecular weight excluding hydrogens is 248 g/mol. The predicted molar refractivity (Wildman–Crippen MR) is 85.8 cm³/mol. The Kier molecular flexibility index (Phi) is 9.73. The summed E-state index contributed by atoms with van der Waals surface area (Å²) in [4.78, 5) is 11.7. The first-order chi connectivity index (χ1) is 9.68. The molecule has 0 saturated heterocycles. The van der Waals surface area contributed by atoms with Crippen molar-refractivity contribution in [3.05, 3.63) is 0 Å². The lowest BCUT2D eigenvalue weighted by molar-refractivity contribution is -0.121. The highest BCUT2D eigenvalue weighted by Crippen LogP contribution is 2.17. The van der Waals surface area contributed by atoms with Crippen molar-refractivity contribution in [3.63, 3.8) is 0 Å². The zero-order chi connectivity index (χ0) is 14.6. The highest BCUT2D eigenvalue weighted by molar-refractivity contribution is 5.78. The van der Waals surface area contributed by atoms with Gasteiger partial charge in [-0.3, -0.25) is 4.79 Å². The molecule has 118 valence electrons. The second-order valence-corrected chi connectivity index (χ2v) is 6.68. The van der Waals surface area contributed by atoms with E-state index >= 15 is 0 Å². The van der Waals surface area contributed by atoms with Gasteiger partial charge in [-0.05, 0) is 31.7 Å². The first-order valence-electron chi connectivity index (χ1n) is 8.68. The van der Waals surface area contributed by atoms with Crippen molar-refractivity contribution in [1.29, 1.82) is 0 Å². The molecule has 0 aromatic heterocycles. The van der Waals surface area contributed by atoms with Gasteiger partial charge in [0.05, 0.1) is 6.54 Å². The Hall–Kier alpha value is -0.570. The third-order valence-corrected chi connectivity index (χ3v) is 4.14. The lowest BCUT2D eigenvalue weighted by Crippen LogP contribution is -2.41. The zero-order valence-electron chi connectivity index (χ0n) is 13.5. The molecule has 0 atom stereocenters. The number of nitrogens with one attached hydrogen (secondary N) is 2. The summed E-state index contributed by atoms with van der Waals surface area (Å²) in [7, 11) is 0. The maximum atomic E-state index is 11.7. The van der Waals surface area contributed by atoms with E-state index in [4.69, 9.17) is 0 Å². The Morgan fingerprint density at radius 3 is 2.45 bits per heavy atom. The van der Waals surface area contributed by atoms with E-state index in [1.807, 2.05) is 0 Å². The van der Waals surface area contributed by atoms with Gasteiger partial charge in [0.15, 0.2) is 0 Å². The summed E-state index contributed by atoms with van der Waals surface area (Å²) >= 11 is 0. The molecule has 1 rings (SSSR count). The van der Waals surface area contributed by atoms with Gasteiger partial charge in [0.1, 0.15) is 0 Å². The molecule has 1 aliphatic rings. The average molecular weight is 282 g/mol. The SMILES string of the molecule is CC(C)CCCCCCNCC(=O)NC1CCCCC1. The minimum Gasteiger partial charge on any atom is -0.352 e. The molecule has 1 aliphatic carbocycles. The maximum absolute atomic E-state index is 11.7. The van der Waals surface area contributed by atoms with Crippen molar-refractivity contribution in [2.45, 2.75) is 84.1 Å². The van der Waals surface area contributed by atoms with Gasteiger partial charge in [0.25, 0.3) is 0 Å². The van der Waals surface area contributed by atoms with Gasteiger partial charge in [-0.15, -0.1) is 0 Å². The van der Waals surface area contributed by atoms with Crippen LogP contribution in [0.25, 0.3) is 0 Å². The smallest absolute Gasteiger partial charge is 0.234 e. The van der Waals surface area contributed by atoms with E-state index in [1.54, 1.807) is 0 Å². The molecule has 0 spiro atoms. The number of unbranched alkanes of at least 4 members (excludes halogenated alkanes) is 3. The maximum Gasteiger partial charge on any atom is 0.234 e. The van der Waals surface area contributed by atoms with Crippen molar-refractivity contribution < 1.29 is 4.79 Å². The van der Waals surface area contributed by atoms with Crippen LogP contribution in [0.2, 0.25) is 0 Å². The van der Waals surface area contributed by atoms with Crippen LogP contribution in [0.5, 0.6) is 0 Å². The Morgan fingerprint density at radius 1 is 1.05 bits per heavy atom. The molecule has 1 amide bonds. The summed E-state index contributed by atoms with van der Waals surface area (Å²) in [5.41, 5.74) is 0. The standard InChI is InChI=1S/C17H34N2O/c1-15(2)10-6-3-4-9-13-18-14-17(20)19-16-11-7-5-8-12-16/h15-16,18H,3-14H2,1-2H3,(H,19,20). The molecule has 1 saturated carbocycles. The molecule has 0 aliphatic heterocycles. The van der Waals surface area contributed by atoms with Crippen LogP contribution in [0.1, 0.15) is 78.1 Å². The first-order valence-corrected chi connectivity index (χ1v) is 8.68. The Morgan fingerprint density at radius 2 is 1.75 bits per heavy atom.